The lowest BCUT2D eigenvalue weighted by atomic mass is 10.1. The van der Waals surface area contributed by atoms with Crippen LogP contribution >= 0.6 is 0 Å². The average Bonchev–Trinajstić information content (AvgIpc) is 1.81. The van der Waals surface area contributed by atoms with E-state index >= 15 is 0 Å². The van der Waals surface area contributed by atoms with Crippen LogP contribution in [0.2, 0.25) is 0 Å². The number of rotatable bonds is 4. The van der Waals surface area contributed by atoms with Crippen LogP contribution in [0.3, 0.4) is 0 Å². The van der Waals surface area contributed by atoms with Gasteiger partial charge in [0.2, 0.25) is 5.91 Å². The van der Waals surface area contributed by atoms with Crippen LogP contribution in [-0.4, -0.2) is 24.0 Å². The van der Waals surface area contributed by atoms with Crippen molar-refractivity contribution in [2.75, 3.05) is 6.54 Å². The molecule has 0 saturated heterocycles. The Morgan fingerprint density at radius 1 is 1.29 bits per heavy atom. The van der Waals surface area contributed by atoms with E-state index in [4.69, 9.17) is 0 Å². The first kappa shape index (κ1) is 15.9. The van der Waals surface area contributed by atoms with Gasteiger partial charge >= 0.3 is 0 Å². The van der Waals surface area contributed by atoms with Crippen molar-refractivity contribution in [2.24, 2.45) is 0 Å². The fourth-order valence-corrected chi connectivity index (χ4v) is 0.955. The van der Waals surface area contributed by atoms with Crippen LogP contribution in [0, 0.1) is 0 Å². The third kappa shape index (κ3) is 11.4. The number of hydrogen-bond acceptors (Lipinski definition) is 2. The zero-order chi connectivity index (χ0) is 10.5. The van der Waals surface area contributed by atoms with Gasteiger partial charge in [-0.15, -0.1) is 0 Å². The molecule has 0 aliphatic rings. The number of nitrogens with one attached hydrogen (secondary N) is 2. The van der Waals surface area contributed by atoms with Gasteiger partial charge in [-0.3, -0.25) is 4.79 Å². The Morgan fingerprint density at radius 2 is 1.79 bits per heavy atom. The van der Waals surface area contributed by atoms with Gasteiger partial charge in [0, 0.05) is 24.5 Å². The van der Waals surface area contributed by atoms with Crippen LogP contribution in [0.15, 0.2) is 0 Å². The number of hydrogen-bond donors (Lipinski definition) is 2. The van der Waals surface area contributed by atoms with E-state index < -0.39 is 0 Å². The van der Waals surface area contributed by atoms with Crippen molar-refractivity contribution in [3.63, 3.8) is 0 Å². The van der Waals surface area contributed by atoms with Gasteiger partial charge in [0.15, 0.2) is 0 Å². The van der Waals surface area contributed by atoms with E-state index in [9.17, 15) is 4.79 Å². The summed E-state index contributed by atoms with van der Waals surface area (Å²) in [5.74, 6) is 0.112. The predicted molar refractivity (Wildman–Crippen MR) is 62.4 cm³/mol. The minimum absolute atomic E-state index is 0. The van der Waals surface area contributed by atoms with E-state index in [1.807, 2.05) is 20.8 Å². The first-order valence-corrected chi connectivity index (χ1v) is 4.85. The molecule has 0 bridgehead atoms. The van der Waals surface area contributed by atoms with E-state index in [2.05, 4.69) is 24.5 Å². The molecule has 0 aliphatic carbocycles. The van der Waals surface area contributed by atoms with Crippen molar-refractivity contribution < 1.29 is 4.79 Å². The van der Waals surface area contributed by atoms with Gasteiger partial charge in [-0.1, -0.05) is 21.3 Å². The van der Waals surface area contributed by atoms with Crippen molar-refractivity contribution in [3.8, 4) is 0 Å². The molecule has 3 nitrogen and oxygen atoms in total. The van der Waals surface area contributed by atoms with E-state index in [-0.39, 0.29) is 18.9 Å². The quantitative estimate of drug-likeness (QED) is 0.731. The minimum atomic E-state index is -0.116. The third-order valence-corrected chi connectivity index (χ3v) is 1.42. The van der Waals surface area contributed by atoms with Crippen LogP contribution in [-0.2, 0) is 4.79 Å². The van der Waals surface area contributed by atoms with Crippen molar-refractivity contribution in [1.29, 1.82) is 0 Å². The van der Waals surface area contributed by atoms with Gasteiger partial charge in [0.05, 0.1) is 0 Å². The van der Waals surface area contributed by atoms with E-state index in [1.54, 1.807) is 0 Å². The van der Waals surface area contributed by atoms with Gasteiger partial charge in [0.25, 0.3) is 0 Å². The summed E-state index contributed by atoms with van der Waals surface area (Å²) >= 11 is 0. The molecular weight excluding hydrogens is 176 g/mol. The van der Waals surface area contributed by atoms with Crippen LogP contribution in [0.25, 0.3) is 0 Å². The summed E-state index contributed by atoms with van der Waals surface area (Å²) in [6.45, 7) is 10.9. The van der Waals surface area contributed by atoms with Gasteiger partial charge in [-0.2, -0.15) is 0 Å². The van der Waals surface area contributed by atoms with E-state index in [0.29, 0.717) is 12.5 Å². The highest BCUT2D eigenvalue weighted by Gasteiger charge is 2.12. The predicted octanol–water partition coefficient (Wildman–Crippen LogP) is 1.93. The lowest BCUT2D eigenvalue weighted by molar-refractivity contribution is -0.122. The van der Waals surface area contributed by atoms with Gasteiger partial charge in [-0.25, -0.2) is 0 Å². The second-order valence-electron chi connectivity index (χ2n) is 4.66. The molecule has 0 radical (unpaired) electrons. The van der Waals surface area contributed by atoms with E-state index in [1.165, 1.54) is 0 Å². The molecule has 0 atom stereocenters. The molecule has 3 heteroatoms. The van der Waals surface area contributed by atoms with Gasteiger partial charge < -0.3 is 10.6 Å². The Balaban J connectivity index is 0. The highest BCUT2D eigenvalue weighted by atomic mass is 16.1. The van der Waals surface area contributed by atoms with Gasteiger partial charge in [0.1, 0.15) is 0 Å². The lowest BCUT2D eigenvalue weighted by Gasteiger charge is -2.20. The molecule has 0 heterocycles. The van der Waals surface area contributed by atoms with E-state index in [0.717, 1.165) is 6.54 Å². The Morgan fingerprint density at radius 3 is 2.14 bits per heavy atom. The summed E-state index contributed by atoms with van der Waals surface area (Å²) in [6.07, 6.45) is 0.551. The Labute approximate surface area is 88.7 Å². The molecular formula is C11H26N2O. The standard InChI is InChI=1S/C10H22N2O.CH4/c1-8(2)11-7-6-9(13)12-10(3,4)5;/h8,11H,6-7H2,1-5H3,(H,12,13);1H4. The lowest BCUT2D eigenvalue weighted by Crippen LogP contribution is -2.41. The maximum absolute atomic E-state index is 11.3. The van der Waals surface area contributed by atoms with Crippen LogP contribution in [0.4, 0.5) is 0 Å². The normalized spacial score (nSPS) is 11.0. The molecule has 0 aromatic carbocycles. The molecule has 0 saturated carbocycles. The molecule has 0 aromatic rings. The molecule has 86 valence electrons. The highest BCUT2D eigenvalue weighted by molar-refractivity contribution is 5.76. The molecule has 0 unspecified atom stereocenters. The summed E-state index contributed by atoms with van der Waals surface area (Å²) in [6, 6.07) is 0.447. The van der Waals surface area contributed by atoms with Crippen LogP contribution in [0.5, 0.6) is 0 Å². The Hall–Kier alpha value is -0.570. The number of carbonyl (C=O) groups is 1. The second kappa shape index (κ2) is 6.82. The number of amides is 1. The summed E-state index contributed by atoms with van der Waals surface area (Å²) in [7, 11) is 0. The zero-order valence-electron chi connectivity index (χ0n) is 9.40. The Bertz CT molecular complexity index is 159. The highest BCUT2D eigenvalue weighted by Crippen LogP contribution is 1.98. The molecule has 0 aromatic heterocycles. The largest absolute Gasteiger partial charge is 0.351 e. The fraction of sp³-hybridized carbons (Fsp3) is 0.909. The maximum atomic E-state index is 11.3. The molecule has 2 N–H and O–H groups in total. The molecule has 1 amide bonds. The fourth-order valence-electron chi connectivity index (χ4n) is 0.955. The first-order valence-electron chi connectivity index (χ1n) is 4.85. The first-order chi connectivity index (χ1) is 5.81. The monoisotopic (exact) mass is 202 g/mol. The third-order valence-electron chi connectivity index (χ3n) is 1.42. The van der Waals surface area contributed by atoms with Gasteiger partial charge in [-0.05, 0) is 20.8 Å². The number of carbonyl (C=O) groups excluding carboxylic acids is 1. The van der Waals surface area contributed by atoms with Crippen molar-refractivity contribution in [3.05, 3.63) is 0 Å². The Kier molecular flexibility index (Phi) is 7.74. The van der Waals surface area contributed by atoms with Crippen molar-refractivity contribution in [2.45, 2.75) is 60.0 Å². The SMILES string of the molecule is C.CC(C)NCCC(=O)NC(C)(C)C. The zero-order valence-corrected chi connectivity index (χ0v) is 9.40. The second-order valence-corrected chi connectivity index (χ2v) is 4.66. The molecule has 0 rings (SSSR count). The topological polar surface area (TPSA) is 41.1 Å². The van der Waals surface area contributed by atoms with Crippen LogP contribution < -0.4 is 10.6 Å². The summed E-state index contributed by atoms with van der Waals surface area (Å²) in [5, 5.41) is 6.12. The maximum Gasteiger partial charge on any atom is 0.221 e. The molecule has 0 spiro atoms. The van der Waals surface area contributed by atoms with Crippen LogP contribution in [0.1, 0.15) is 48.5 Å². The molecule has 0 fully saturated rings. The smallest absolute Gasteiger partial charge is 0.221 e. The van der Waals surface area contributed by atoms with Crippen molar-refractivity contribution >= 4 is 5.91 Å². The minimum Gasteiger partial charge on any atom is -0.351 e. The molecule has 0 aliphatic heterocycles. The average molecular weight is 202 g/mol. The molecule has 14 heavy (non-hydrogen) atoms. The summed E-state index contributed by atoms with van der Waals surface area (Å²) < 4.78 is 0. The summed E-state index contributed by atoms with van der Waals surface area (Å²) in [5.41, 5.74) is -0.116. The summed E-state index contributed by atoms with van der Waals surface area (Å²) in [4.78, 5) is 11.3. The van der Waals surface area contributed by atoms with Crippen molar-refractivity contribution in [1.82, 2.24) is 10.6 Å².